The highest BCUT2D eigenvalue weighted by Crippen LogP contribution is 2.26. The molecule has 0 unspecified atom stereocenters. The van der Waals surface area contributed by atoms with Gasteiger partial charge in [-0.3, -0.25) is 0 Å². The fourth-order valence-corrected chi connectivity index (χ4v) is 4.18. The lowest BCUT2D eigenvalue weighted by atomic mass is 10.1. The lowest BCUT2D eigenvalue weighted by Gasteiger charge is -2.25. The average Bonchev–Trinajstić information content (AvgIpc) is 3.18. The number of furan rings is 1. The molecule has 3 heterocycles. The van der Waals surface area contributed by atoms with Crippen LogP contribution in [0, 0.1) is 0 Å². The van der Waals surface area contributed by atoms with Gasteiger partial charge in [0, 0.05) is 12.3 Å². The van der Waals surface area contributed by atoms with Crippen molar-refractivity contribution in [2.75, 3.05) is 30.7 Å². The third-order valence-corrected chi connectivity index (χ3v) is 5.48. The predicted molar refractivity (Wildman–Crippen MR) is 87.0 cm³/mol. The van der Waals surface area contributed by atoms with E-state index in [-0.39, 0.29) is 0 Å². The molecule has 0 radical (unpaired) electrons. The molecule has 0 saturated carbocycles. The summed E-state index contributed by atoms with van der Waals surface area (Å²) in [6.07, 6.45) is 5.78. The number of nitrogens with one attached hydrogen (secondary N) is 1. The molecule has 1 N–H and O–H groups in total. The second-order valence-corrected chi connectivity index (χ2v) is 7.38. The van der Waals surface area contributed by atoms with E-state index in [9.17, 15) is 0 Å². The zero-order valence-corrected chi connectivity index (χ0v) is 13.6. The van der Waals surface area contributed by atoms with E-state index >= 15 is 0 Å². The van der Waals surface area contributed by atoms with Crippen LogP contribution in [-0.4, -0.2) is 40.5 Å². The van der Waals surface area contributed by atoms with Crippen molar-refractivity contribution in [3.63, 3.8) is 0 Å². The van der Waals surface area contributed by atoms with Gasteiger partial charge >= 0.3 is 0 Å². The molecule has 0 atom stereocenters. The second-order valence-electron chi connectivity index (χ2n) is 5.06. The van der Waals surface area contributed by atoms with E-state index < -0.39 is 0 Å². The van der Waals surface area contributed by atoms with Gasteiger partial charge in [0.25, 0.3) is 0 Å². The third-order valence-electron chi connectivity index (χ3n) is 3.48. The van der Waals surface area contributed by atoms with E-state index in [2.05, 4.69) is 20.4 Å². The lowest BCUT2D eigenvalue weighted by Crippen LogP contribution is -2.31. The van der Waals surface area contributed by atoms with Crippen molar-refractivity contribution < 1.29 is 4.42 Å². The van der Waals surface area contributed by atoms with Gasteiger partial charge in [0.05, 0.1) is 12.8 Å². The molecule has 0 amide bonds. The molecule has 7 heteroatoms. The number of rotatable bonds is 7. The molecule has 0 spiro atoms. The molecule has 0 aromatic carbocycles. The van der Waals surface area contributed by atoms with Crippen LogP contribution in [0.25, 0.3) is 0 Å². The van der Waals surface area contributed by atoms with Gasteiger partial charge in [0.2, 0.25) is 5.13 Å². The normalized spacial score (nSPS) is 16.2. The summed E-state index contributed by atoms with van der Waals surface area (Å²) in [5.41, 5.74) is 0. The largest absolute Gasteiger partial charge is 0.467 e. The summed E-state index contributed by atoms with van der Waals surface area (Å²) in [7, 11) is 0. The lowest BCUT2D eigenvalue weighted by molar-refractivity contribution is 0.242. The van der Waals surface area contributed by atoms with Crippen LogP contribution in [0.2, 0.25) is 0 Å². The number of thioether (sulfide) groups is 1. The van der Waals surface area contributed by atoms with Crippen molar-refractivity contribution >= 4 is 28.2 Å². The van der Waals surface area contributed by atoms with Gasteiger partial charge in [0.1, 0.15) is 5.76 Å². The number of hydrogen-bond acceptors (Lipinski definition) is 7. The van der Waals surface area contributed by atoms with Crippen molar-refractivity contribution in [3.8, 4) is 0 Å². The van der Waals surface area contributed by atoms with E-state index in [0.717, 1.165) is 27.5 Å². The summed E-state index contributed by atoms with van der Waals surface area (Å²) in [6.45, 7) is 4.32. The van der Waals surface area contributed by atoms with E-state index in [1.807, 2.05) is 12.1 Å². The molecular weight excluding hydrogens is 304 g/mol. The minimum absolute atomic E-state index is 0.653. The Morgan fingerprint density at radius 3 is 3.00 bits per heavy atom. The van der Waals surface area contributed by atoms with Crippen LogP contribution < -0.4 is 5.32 Å². The van der Waals surface area contributed by atoms with E-state index in [1.54, 1.807) is 29.4 Å². The Morgan fingerprint density at radius 1 is 1.29 bits per heavy atom. The average molecular weight is 324 g/mol. The summed E-state index contributed by atoms with van der Waals surface area (Å²) in [5.74, 6) is 2.00. The number of hydrogen-bond donors (Lipinski definition) is 1. The van der Waals surface area contributed by atoms with Crippen LogP contribution in [0.15, 0.2) is 27.2 Å². The molecule has 1 aliphatic heterocycles. The van der Waals surface area contributed by atoms with E-state index in [0.29, 0.717) is 6.54 Å². The van der Waals surface area contributed by atoms with Crippen LogP contribution >= 0.6 is 23.1 Å². The molecule has 2 aromatic rings. The van der Waals surface area contributed by atoms with Crippen LogP contribution in [0.4, 0.5) is 5.13 Å². The van der Waals surface area contributed by atoms with Gasteiger partial charge in [0.15, 0.2) is 4.34 Å². The molecule has 2 aromatic heterocycles. The highest BCUT2D eigenvalue weighted by atomic mass is 32.2. The number of piperidine rings is 1. The smallest absolute Gasteiger partial charge is 0.206 e. The molecule has 3 rings (SSSR count). The molecule has 21 heavy (non-hydrogen) atoms. The van der Waals surface area contributed by atoms with Crippen molar-refractivity contribution in [3.05, 3.63) is 24.2 Å². The van der Waals surface area contributed by atoms with Crippen LogP contribution in [0.5, 0.6) is 0 Å². The number of likely N-dealkylation sites (tertiary alicyclic amines) is 1. The van der Waals surface area contributed by atoms with Crippen LogP contribution in [-0.2, 0) is 6.54 Å². The van der Waals surface area contributed by atoms with Gasteiger partial charge < -0.3 is 14.6 Å². The van der Waals surface area contributed by atoms with Gasteiger partial charge in [-0.1, -0.05) is 29.5 Å². The Kier molecular flexibility index (Phi) is 5.53. The summed E-state index contributed by atoms with van der Waals surface area (Å²) in [4.78, 5) is 2.55. The summed E-state index contributed by atoms with van der Waals surface area (Å²) >= 11 is 3.41. The first-order valence-electron chi connectivity index (χ1n) is 7.35. The number of nitrogens with zero attached hydrogens (tertiary/aromatic N) is 3. The highest BCUT2D eigenvalue weighted by Gasteiger charge is 2.10. The molecule has 114 valence electrons. The second kappa shape index (κ2) is 7.82. The van der Waals surface area contributed by atoms with Crippen molar-refractivity contribution in [2.45, 2.75) is 30.1 Å². The minimum atomic E-state index is 0.653. The maximum absolute atomic E-state index is 5.28. The summed E-state index contributed by atoms with van der Waals surface area (Å²) in [5, 5.41) is 12.5. The Labute approximate surface area is 133 Å². The first-order chi connectivity index (χ1) is 10.4. The minimum Gasteiger partial charge on any atom is -0.467 e. The van der Waals surface area contributed by atoms with Crippen LogP contribution in [0.1, 0.15) is 25.0 Å². The predicted octanol–water partition coefficient (Wildman–Crippen LogP) is 3.32. The third kappa shape index (κ3) is 4.72. The first-order valence-corrected chi connectivity index (χ1v) is 9.15. The van der Waals surface area contributed by atoms with Gasteiger partial charge in [-0.15, -0.1) is 10.2 Å². The van der Waals surface area contributed by atoms with Gasteiger partial charge in [-0.05, 0) is 38.1 Å². The maximum atomic E-state index is 5.28. The topological polar surface area (TPSA) is 54.2 Å². The monoisotopic (exact) mass is 324 g/mol. The van der Waals surface area contributed by atoms with E-state index in [1.165, 1.54) is 32.4 Å². The Balaban J connectivity index is 1.38. The number of aromatic nitrogens is 2. The highest BCUT2D eigenvalue weighted by molar-refractivity contribution is 8.01. The Morgan fingerprint density at radius 2 is 2.19 bits per heavy atom. The first kappa shape index (κ1) is 14.9. The Bertz CT molecular complexity index is 523. The fraction of sp³-hybridized carbons (Fsp3) is 0.571. The molecule has 0 bridgehead atoms. The molecule has 0 aliphatic carbocycles. The van der Waals surface area contributed by atoms with Gasteiger partial charge in [-0.2, -0.15) is 0 Å². The van der Waals surface area contributed by atoms with E-state index in [4.69, 9.17) is 4.42 Å². The summed E-state index contributed by atoms with van der Waals surface area (Å²) in [6, 6.07) is 3.83. The Hall–Kier alpha value is -1.05. The molecule has 5 nitrogen and oxygen atoms in total. The maximum Gasteiger partial charge on any atom is 0.206 e. The number of anilines is 1. The quantitative estimate of drug-likeness (QED) is 0.789. The zero-order valence-electron chi connectivity index (χ0n) is 12.0. The standard InChI is InChI=1S/C14H20N4OS2/c1-2-6-18(7-3-1)8-10-20-14-17-16-13(21-14)15-11-12-5-4-9-19-12/h4-5,9H,1-3,6-8,10-11H2,(H,15,16). The molecular formula is C14H20N4OS2. The molecule has 1 saturated heterocycles. The summed E-state index contributed by atoms with van der Waals surface area (Å²) < 4.78 is 6.31. The van der Waals surface area contributed by atoms with Crippen molar-refractivity contribution in [1.29, 1.82) is 0 Å². The zero-order chi connectivity index (χ0) is 14.3. The van der Waals surface area contributed by atoms with Crippen LogP contribution in [0.3, 0.4) is 0 Å². The fourth-order valence-electron chi connectivity index (χ4n) is 2.36. The van der Waals surface area contributed by atoms with Crippen molar-refractivity contribution in [2.24, 2.45) is 0 Å². The van der Waals surface area contributed by atoms with Gasteiger partial charge in [-0.25, -0.2) is 0 Å². The molecule has 1 aliphatic rings. The van der Waals surface area contributed by atoms with Crippen molar-refractivity contribution in [1.82, 2.24) is 15.1 Å². The molecule has 1 fully saturated rings. The SMILES string of the molecule is c1coc(CNc2nnc(SCCN3CCCCC3)s2)c1.